The number of methoxy groups -OCH3 is 1. The van der Waals surface area contributed by atoms with Gasteiger partial charge in [0.15, 0.2) is 0 Å². The number of aromatic nitrogens is 3. The Bertz CT molecular complexity index is 1340. The maximum absolute atomic E-state index is 14.5. The lowest BCUT2D eigenvalue weighted by atomic mass is 10.1. The second-order valence-corrected chi connectivity index (χ2v) is 8.03. The number of hydrogen-bond donors (Lipinski definition) is 0. The van der Waals surface area contributed by atoms with Crippen LogP contribution in [0.15, 0.2) is 42.6 Å². The van der Waals surface area contributed by atoms with E-state index in [1.54, 1.807) is 12.3 Å². The van der Waals surface area contributed by atoms with Crippen LogP contribution in [0.4, 0.5) is 10.1 Å². The molecule has 0 atom stereocenters. The van der Waals surface area contributed by atoms with Crippen molar-refractivity contribution in [2.75, 3.05) is 38.3 Å². The molecule has 4 aromatic rings. The highest BCUT2D eigenvalue weighted by molar-refractivity contribution is 6.05. The first kappa shape index (κ1) is 21.3. The van der Waals surface area contributed by atoms with Crippen molar-refractivity contribution in [3.05, 3.63) is 59.8 Å². The van der Waals surface area contributed by atoms with Crippen LogP contribution in [0.3, 0.4) is 0 Å². The minimum Gasteiger partial charge on any atom is -0.465 e. The molecule has 1 saturated heterocycles. The van der Waals surface area contributed by atoms with Gasteiger partial charge in [0, 0.05) is 36.8 Å². The molecule has 0 amide bonds. The van der Waals surface area contributed by atoms with Crippen LogP contribution in [0.25, 0.3) is 27.6 Å². The number of esters is 1. The second kappa shape index (κ2) is 8.78. The molecule has 0 N–H and O–H groups in total. The van der Waals surface area contributed by atoms with Crippen molar-refractivity contribution < 1.29 is 18.7 Å². The van der Waals surface area contributed by atoms with Crippen molar-refractivity contribution in [2.45, 2.75) is 19.8 Å². The Balaban J connectivity index is 1.84. The van der Waals surface area contributed by atoms with Crippen molar-refractivity contribution >= 4 is 33.6 Å². The summed E-state index contributed by atoms with van der Waals surface area (Å²) in [4.78, 5) is 24.1. The van der Waals surface area contributed by atoms with Crippen LogP contribution in [0, 0.1) is 5.82 Å². The number of nitrogens with zero attached hydrogens (tertiary/aromatic N) is 4. The lowest BCUT2D eigenvalue weighted by Gasteiger charge is -2.29. The van der Waals surface area contributed by atoms with Crippen LogP contribution in [-0.4, -0.2) is 53.9 Å². The third-order valence-electron chi connectivity index (χ3n) is 6.01. The summed E-state index contributed by atoms with van der Waals surface area (Å²) >= 11 is 0. The number of hydrogen-bond acceptors (Lipinski definition) is 6. The molecule has 1 aliphatic heterocycles. The van der Waals surface area contributed by atoms with E-state index < -0.39 is 5.97 Å². The Kier molecular flexibility index (Phi) is 5.68. The van der Waals surface area contributed by atoms with Crippen LogP contribution >= 0.6 is 0 Å². The molecule has 2 aromatic carbocycles. The number of fused-ring (bicyclic) bond motifs is 2. The number of rotatable bonds is 5. The first-order valence-electron chi connectivity index (χ1n) is 11.1. The summed E-state index contributed by atoms with van der Waals surface area (Å²) in [5.74, 6) is -0.0120. The van der Waals surface area contributed by atoms with E-state index in [9.17, 15) is 9.18 Å². The second-order valence-electron chi connectivity index (χ2n) is 8.03. The first-order chi connectivity index (χ1) is 16.1. The number of anilines is 1. The van der Waals surface area contributed by atoms with Crippen LogP contribution < -0.4 is 4.90 Å². The highest BCUT2D eigenvalue weighted by Gasteiger charge is 2.23. The Morgan fingerprint density at radius 1 is 1.18 bits per heavy atom. The highest BCUT2D eigenvalue weighted by atomic mass is 19.1. The van der Waals surface area contributed by atoms with Gasteiger partial charge in [0.2, 0.25) is 0 Å². The molecule has 0 unspecified atom stereocenters. The van der Waals surface area contributed by atoms with Crippen LogP contribution in [-0.2, 0) is 15.9 Å². The molecular weight excluding hydrogens is 423 g/mol. The summed E-state index contributed by atoms with van der Waals surface area (Å²) < 4.78 is 27.2. The van der Waals surface area contributed by atoms with Gasteiger partial charge in [-0.3, -0.25) is 9.55 Å². The van der Waals surface area contributed by atoms with E-state index in [0.29, 0.717) is 41.6 Å². The van der Waals surface area contributed by atoms with Crippen LogP contribution in [0.2, 0.25) is 0 Å². The zero-order chi connectivity index (χ0) is 22.9. The number of carbonyl (C=O) groups is 1. The maximum Gasteiger partial charge on any atom is 0.340 e. The van der Waals surface area contributed by atoms with Gasteiger partial charge >= 0.3 is 5.97 Å². The van der Waals surface area contributed by atoms with E-state index >= 15 is 0 Å². The maximum atomic E-state index is 14.5. The molecule has 7 nitrogen and oxygen atoms in total. The van der Waals surface area contributed by atoms with Crippen molar-refractivity contribution in [1.82, 2.24) is 14.5 Å². The smallest absolute Gasteiger partial charge is 0.340 e. The number of morpholine rings is 1. The van der Waals surface area contributed by atoms with Gasteiger partial charge in [-0.2, -0.15) is 0 Å². The van der Waals surface area contributed by atoms with E-state index in [4.69, 9.17) is 14.5 Å². The summed E-state index contributed by atoms with van der Waals surface area (Å²) in [6.07, 6.45) is 3.17. The third kappa shape index (κ3) is 3.70. The quantitative estimate of drug-likeness (QED) is 0.424. The number of halogens is 1. The van der Waals surface area contributed by atoms with Gasteiger partial charge in [0.05, 0.1) is 37.1 Å². The normalized spacial score (nSPS) is 14.2. The molecule has 0 aliphatic carbocycles. The van der Waals surface area contributed by atoms with E-state index in [0.717, 1.165) is 42.2 Å². The molecular formula is C25H25FN4O3. The van der Waals surface area contributed by atoms with Gasteiger partial charge in [-0.05, 0) is 30.7 Å². The summed E-state index contributed by atoms with van der Waals surface area (Å²) in [6, 6.07) is 10.7. The molecule has 0 radical (unpaired) electrons. The number of pyridine rings is 1. The molecule has 170 valence electrons. The lowest BCUT2D eigenvalue weighted by molar-refractivity contribution is 0.0603. The summed E-state index contributed by atoms with van der Waals surface area (Å²) in [5, 5.41) is 0.686. The number of imidazole rings is 1. The van der Waals surface area contributed by atoms with E-state index in [-0.39, 0.29) is 5.82 Å². The first-order valence-corrected chi connectivity index (χ1v) is 11.1. The zero-order valence-corrected chi connectivity index (χ0v) is 18.7. The highest BCUT2D eigenvalue weighted by Crippen LogP contribution is 2.33. The predicted octanol–water partition coefficient (Wildman–Crippen LogP) is 4.29. The monoisotopic (exact) mass is 448 g/mol. The Hall–Kier alpha value is -3.52. The Labute approximate surface area is 190 Å². The van der Waals surface area contributed by atoms with Crippen molar-refractivity contribution in [3.63, 3.8) is 0 Å². The van der Waals surface area contributed by atoms with Gasteiger partial charge in [-0.15, -0.1) is 0 Å². The number of ether oxygens (including phenoxy) is 2. The largest absolute Gasteiger partial charge is 0.465 e. The van der Waals surface area contributed by atoms with Crippen LogP contribution in [0.5, 0.6) is 0 Å². The van der Waals surface area contributed by atoms with E-state index in [1.165, 1.54) is 13.2 Å². The number of benzene rings is 2. The van der Waals surface area contributed by atoms with Gasteiger partial charge in [0.25, 0.3) is 0 Å². The summed E-state index contributed by atoms with van der Waals surface area (Å²) in [7, 11) is 1.37. The molecule has 33 heavy (non-hydrogen) atoms. The standard InChI is InChI=1S/C25H25FN4O3/c1-3-5-22-28-24-18(25(31)32-2)14-16(29-10-12-33-13-11-29)15-21(24)30(22)20-8-9-27-23-17(20)6-4-7-19(23)26/h4,6-9,14-15H,3,5,10-13H2,1-2H3. The van der Waals surface area contributed by atoms with E-state index in [2.05, 4.69) is 16.8 Å². The van der Waals surface area contributed by atoms with Crippen molar-refractivity contribution in [3.8, 4) is 5.69 Å². The fourth-order valence-electron chi connectivity index (χ4n) is 4.46. The fraction of sp³-hybridized carbons (Fsp3) is 0.320. The van der Waals surface area contributed by atoms with Gasteiger partial charge in [-0.1, -0.05) is 19.1 Å². The third-order valence-corrected chi connectivity index (χ3v) is 6.01. The van der Waals surface area contributed by atoms with Crippen molar-refractivity contribution in [1.29, 1.82) is 0 Å². The van der Waals surface area contributed by atoms with Gasteiger partial charge in [0.1, 0.15) is 22.7 Å². The van der Waals surface area contributed by atoms with E-state index in [1.807, 2.05) is 28.8 Å². The van der Waals surface area contributed by atoms with Crippen LogP contribution in [0.1, 0.15) is 29.5 Å². The average molecular weight is 448 g/mol. The number of carbonyl (C=O) groups excluding carboxylic acids is 1. The molecule has 1 aliphatic rings. The minimum atomic E-state index is -0.437. The number of para-hydroxylation sites is 1. The van der Waals surface area contributed by atoms with Gasteiger partial charge in [-0.25, -0.2) is 14.2 Å². The average Bonchev–Trinajstić information content (AvgIpc) is 3.21. The molecule has 2 aromatic heterocycles. The summed E-state index contributed by atoms with van der Waals surface area (Å²) in [5.41, 5.74) is 3.75. The molecule has 8 heteroatoms. The topological polar surface area (TPSA) is 69.5 Å². The number of aryl methyl sites for hydroxylation is 1. The Morgan fingerprint density at radius 3 is 2.76 bits per heavy atom. The molecule has 5 rings (SSSR count). The predicted molar refractivity (Wildman–Crippen MR) is 125 cm³/mol. The summed E-state index contributed by atoms with van der Waals surface area (Å²) in [6.45, 7) is 4.78. The van der Waals surface area contributed by atoms with Gasteiger partial charge < -0.3 is 14.4 Å². The SMILES string of the molecule is CCCc1nc2c(C(=O)OC)cc(N3CCOCC3)cc2n1-c1ccnc2c(F)cccc12. The molecule has 0 bridgehead atoms. The lowest BCUT2D eigenvalue weighted by Crippen LogP contribution is -2.36. The molecule has 0 spiro atoms. The minimum absolute atomic E-state index is 0.303. The zero-order valence-electron chi connectivity index (χ0n) is 18.7. The molecule has 3 heterocycles. The van der Waals surface area contributed by atoms with Crippen molar-refractivity contribution in [2.24, 2.45) is 0 Å². The molecule has 0 saturated carbocycles. The fourth-order valence-corrected chi connectivity index (χ4v) is 4.46. The molecule has 1 fully saturated rings. The Morgan fingerprint density at radius 2 is 2.00 bits per heavy atom.